The largest absolute Gasteiger partial charge is 0.495 e. The summed E-state index contributed by atoms with van der Waals surface area (Å²) >= 11 is 0. The molecule has 0 spiro atoms. The lowest BCUT2D eigenvalue weighted by atomic mass is 9.77. The molecule has 3 fully saturated rings. The number of methoxy groups -OCH3 is 1. The number of anilines is 1. The highest BCUT2D eigenvalue weighted by atomic mass is 16.5. The highest BCUT2D eigenvalue weighted by Gasteiger charge is 2.35. The third-order valence-electron chi connectivity index (χ3n) is 9.70. The van der Waals surface area contributed by atoms with Gasteiger partial charge in [0, 0.05) is 29.6 Å². The molecular weight excluding hydrogens is 542 g/mol. The van der Waals surface area contributed by atoms with Crippen molar-refractivity contribution >= 4 is 17.6 Å². The van der Waals surface area contributed by atoms with E-state index in [1.165, 1.54) is 5.56 Å². The van der Waals surface area contributed by atoms with Crippen molar-refractivity contribution < 1.29 is 23.8 Å². The van der Waals surface area contributed by atoms with Gasteiger partial charge in [-0.1, -0.05) is 18.2 Å². The zero-order valence-electron chi connectivity index (χ0n) is 24.7. The summed E-state index contributed by atoms with van der Waals surface area (Å²) in [6.07, 6.45) is 10.2. The number of hydrogen-bond donors (Lipinski definition) is 1. The number of aliphatic carboxylic acids is 1. The summed E-state index contributed by atoms with van der Waals surface area (Å²) < 4.78 is 11.1. The average molecular weight is 582 g/mol. The Morgan fingerprint density at radius 2 is 1.70 bits per heavy atom. The molecule has 8 heteroatoms. The molecule has 3 saturated carbocycles. The van der Waals surface area contributed by atoms with Crippen molar-refractivity contribution in [2.24, 2.45) is 17.8 Å². The van der Waals surface area contributed by atoms with Crippen LogP contribution < -0.4 is 9.64 Å². The molecule has 3 aliphatic rings. The van der Waals surface area contributed by atoms with E-state index in [4.69, 9.17) is 14.1 Å². The molecule has 1 heterocycles. The standard InChI is InChI=1S/C35H39N3O5/c1-42-32-16-15-27(17-29(32)19-36)23-7-5-22(6-8-23)20-38(34(39)25-11-13-26(14-12-25)35(40)41)30-4-2-3-28(18-30)31-21-43-33(37-31)24-9-10-24/h2-4,15-18,21-26H,5-14,20H2,1H3,(H,40,41). The summed E-state index contributed by atoms with van der Waals surface area (Å²) in [5.74, 6) is 1.34. The zero-order valence-corrected chi connectivity index (χ0v) is 24.7. The maximum atomic E-state index is 14.1. The molecule has 224 valence electrons. The van der Waals surface area contributed by atoms with E-state index < -0.39 is 5.97 Å². The lowest BCUT2D eigenvalue weighted by Crippen LogP contribution is -2.41. The summed E-state index contributed by atoms with van der Waals surface area (Å²) in [4.78, 5) is 32.3. The Labute approximate surface area is 252 Å². The molecule has 0 radical (unpaired) electrons. The Morgan fingerprint density at radius 3 is 2.37 bits per heavy atom. The molecule has 3 aromatic rings. The summed E-state index contributed by atoms with van der Waals surface area (Å²) in [7, 11) is 1.58. The number of amides is 1. The number of aromatic nitrogens is 1. The first-order valence-electron chi connectivity index (χ1n) is 15.6. The molecule has 0 atom stereocenters. The van der Waals surface area contributed by atoms with Crippen molar-refractivity contribution in [3.8, 4) is 23.1 Å². The quantitative estimate of drug-likeness (QED) is 0.282. The van der Waals surface area contributed by atoms with Crippen LogP contribution >= 0.6 is 0 Å². The molecular formula is C35H39N3O5. The predicted molar refractivity (Wildman–Crippen MR) is 162 cm³/mol. The van der Waals surface area contributed by atoms with Crippen LogP contribution in [0.15, 0.2) is 53.1 Å². The third kappa shape index (κ3) is 6.46. The summed E-state index contributed by atoms with van der Waals surface area (Å²) in [5.41, 5.74) is 4.30. The lowest BCUT2D eigenvalue weighted by molar-refractivity contribution is -0.144. The third-order valence-corrected chi connectivity index (χ3v) is 9.70. The second-order valence-electron chi connectivity index (χ2n) is 12.5. The Balaban J connectivity index is 1.19. The fraction of sp³-hybridized carbons (Fsp3) is 0.486. The van der Waals surface area contributed by atoms with Crippen molar-refractivity contribution in [2.75, 3.05) is 18.6 Å². The van der Waals surface area contributed by atoms with Crippen molar-refractivity contribution in [1.29, 1.82) is 5.26 Å². The van der Waals surface area contributed by atoms with Crippen LogP contribution in [0.3, 0.4) is 0 Å². The Morgan fingerprint density at radius 1 is 0.977 bits per heavy atom. The minimum Gasteiger partial charge on any atom is -0.495 e. The van der Waals surface area contributed by atoms with E-state index in [9.17, 15) is 20.0 Å². The Bertz CT molecular complexity index is 1500. The first-order valence-corrected chi connectivity index (χ1v) is 15.6. The van der Waals surface area contributed by atoms with Crippen LogP contribution in [0.4, 0.5) is 5.69 Å². The number of carboxylic acids is 1. The highest BCUT2D eigenvalue weighted by molar-refractivity contribution is 5.95. The fourth-order valence-corrected chi connectivity index (χ4v) is 6.90. The van der Waals surface area contributed by atoms with Gasteiger partial charge in [0.25, 0.3) is 0 Å². The van der Waals surface area contributed by atoms with Gasteiger partial charge in [-0.15, -0.1) is 0 Å². The van der Waals surface area contributed by atoms with Crippen molar-refractivity contribution in [1.82, 2.24) is 4.98 Å². The maximum absolute atomic E-state index is 14.1. The van der Waals surface area contributed by atoms with Gasteiger partial charge in [0.05, 0.1) is 18.6 Å². The number of nitriles is 1. The molecule has 8 nitrogen and oxygen atoms in total. The van der Waals surface area contributed by atoms with Gasteiger partial charge in [0.15, 0.2) is 5.89 Å². The lowest BCUT2D eigenvalue weighted by Gasteiger charge is -2.36. The second kappa shape index (κ2) is 12.6. The van der Waals surface area contributed by atoms with Gasteiger partial charge in [-0.05, 0) is 106 Å². The van der Waals surface area contributed by atoms with Gasteiger partial charge in [0.2, 0.25) is 5.91 Å². The first kappa shape index (κ1) is 29.0. The molecule has 3 aliphatic carbocycles. The number of oxazole rings is 1. The number of carbonyl (C=O) groups excluding carboxylic acids is 1. The van der Waals surface area contributed by atoms with Crippen molar-refractivity contribution in [3.05, 3.63) is 65.7 Å². The minimum absolute atomic E-state index is 0.0933. The molecule has 1 N–H and O–H groups in total. The SMILES string of the molecule is COc1ccc(C2CCC(CN(C(=O)C3CCC(C(=O)O)CC3)c3cccc(-c4coc(C5CC5)n4)c3)CC2)cc1C#N. The smallest absolute Gasteiger partial charge is 0.306 e. The molecule has 0 saturated heterocycles. The number of ether oxygens (including phenoxy) is 1. The Kier molecular flexibility index (Phi) is 8.51. The number of carboxylic acid groups (broad SMARTS) is 1. The van der Waals surface area contributed by atoms with Gasteiger partial charge in [-0.2, -0.15) is 5.26 Å². The monoisotopic (exact) mass is 581 g/mol. The van der Waals surface area contributed by atoms with Gasteiger partial charge in [-0.3, -0.25) is 9.59 Å². The number of rotatable bonds is 9. The molecule has 6 rings (SSSR count). The van der Waals surface area contributed by atoms with E-state index in [1.807, 2.05) is 41.3 Å². The molecule has 0 unspecified atom stereocenters. The number of carbonyl (C=O) groups is 2. The van der Waals surface area contributed by atoms with Gasteiger partial charge in [0.1, 0.15) is 23.8 Å². The average Bonchev–Trinajstić information content (AvgIpc) is 3.79. The van der Waals surface area contributed by atoms with E-state index in [0.717, 1.165) is 61.4 Å². The molecule has 0 aliphatic heterocycles. The van der Waals surface area contributed by atoms with Crippen molar-refractivity contribution in [3.63, 3.8) is 0 Å². The maximum Gasteiger partial charge on any atom is 0.306 e. The molecule has 43 heavy (non-hydrogen) atoms. The zero-order chi connectivity index (χ0) is 29.9. The van der Waals surface area contributed by atoms with Gasteiger partial charge < -0.3 is 19.2 Å². The fourth-order valence-electron chi connectivity index (χ4n) is 6.90. The van der Waals surface area contributed by atoms with Crippen LogP contribution in [0.5, 0.6) is 5.75 Å². The van der Waals surface area contributed by atoms with Gasteiger partial charge >= 0.3 is 5.97 Å². The highest BCUT2D eigenvalue weighted by Crippen LogP contribution is 2.41. The number of hydrogen-bond acceptors (Lipinski definition) is 6. The minimum atomic E-state index is -0.760. The first-order chi connectivity index (χ1) is 20.9. The number of nitrogens with zero attached hydrogens (tertiary/aromatic N) is 3. The second-order valence-corrected chi connectivity index (χ2v) is 12.5. The molecule has 0 bridgehead atoms. The van der Waals surface area contributed by atoms with E-state index >= 15 is 0 Å². The van der Waals surface area contributed by atoms with Crippen LogP contribution in [0.2, 0.25) is 0 Å². The predicted octanol–water partition coefficient (Wildman–Crippen LogP) is 7.30. The van der Waals surface area contributed by atoms with E-state index in [-0.39, 0.29) is 17.7 Å². The van der Waals surface area contributed by atoms with Crippen LogP contribution in [-0.4, -0.2) is 35.6 Å². The van der Waals surface area contributed by atoms with Gasteiger partial charge in [-0.25, -0.2) is 4.98 Å². The van der Waals surface area contributed by atoms with E-state index in [2.05, 4.69) is 12.1 Å². The summed E-state index contributed by atoms with van der Waals surface area (Å²) in [5, 5.41) is 19.0. The van der Waals surface area contributed by atoms with Crippen LogP contribution in [0.1, 0.15) is 93.1 Å². The van der Waals surface area contributed by atoms with E-state index in [0.29, 0.717) is 61.3 Å². The normalized spacial score (nSPS) is 23.7. The topological polar surface area (TPSA) is 117 Å². The molecule has 1 aromatic heterocycles. The number of benzene rings is 2. The molecule has 2 aromatic carbocycles. The Hall–Kier alpha value is -4.12. The molecule has 1 amide bonds. The van der Waals surface area contributed by atoms with Crippen LogP contribution in [0.25, 0.3) is 11.3 Å². The van der Waals surface area contributed by atoms with Crippen LogP contribution in [0, 0.1) is 29.1 Å². The van der Waals surface area contributed by atoms with Crippen molar-refractivity contribution in [2.45, 2.75) is 76.0 Å². The summed E-state index contributed by atoms with van der Waals surface area (Å²) in [6.45, 7) is 0.631. The van der Waals surface area contributed by atoms with E-state index in [1.54, 1.807) is 13.4 Å². The van der Waals surface area contributed by atoms with Crippen LogP contribution in [-0.2, 0) is 9.59 Å². The summed E-state index contributed by atoms with van der Waals surface area (Å²) in [6, 6.07) is 16.2.